The molecule has 1 fully saturated rings. The van der Waals surface area contributed by atoms with Crippen LogP contribution in [0.2, 0.25) is 0 Å². The predicted molar refractivity (Wildman–Crippen MR) is 68.8 cm³/mol. The van der Waals surface area contributed by atoms with Gasteiger partial charge >= 0.3 is 6.36 Å². The molecule has 0 spiro atoms. The molecule has 2 N–H and O–H groups in total. The van der Waals surface area contributed by atoms with Gasteiger partial charge in [0.1, 0.15) is 5.75 Å². The summed E-state index contributed by atoms with van der Waals surface area (Å²) in [5.74, 6) is -0.628. The summed E-state index contributed by atoms with van der Waals surface area (Å²) in [6.07, 6.45) is -4.51. The molecule has 21 heavy (non-hydrogen) atoms. The lowest BCUT2D eigenvalue weighted by atomic mass is 10.3. The van der Waals surface area contributed by atoms with Crippen molar-refractivity contribution in [3.63, 3.8) is 0 Å². The molecule has 8 heteroatoms. The number of aliphatic hydroxyl groups is 1. The number of anilines is 1. The quantitative estimate of drug-likeness (QED) is 0.887. The van der Waals surface area contributed by atoms with Gasteiger partial charge in [0.2, 0.25) is 5.91 Å². The maximum atomic E-state index is 12.0. The summed E-state index contributed by atoms with van der Waals surface area (Å²) in [6.45, 7) is 1.23. The van der Waals surface area contributed by atoms with Gasteiger partial charge in [-0.3, -0.25) is 9.69 Å². The first-order valence-electron chi connectivity index (χ1n) is 6.38. The van der Waals surface area contributed by atoms with Gasteiger partial charge in [-0.05, 0) is 30.7 Å². The maximum Gasteiger partial charge on any atom is 0.573 e. The number of hydrogen-bond donors (Lipinski definition) is 2. The number of alkyl halides is 3. The van der Waals surface area contributed by atoms with Crippen molar-refractivity contribution in [1.29, 1.82) is 0 Å². The molecule has 1 atom stereocenters. The highest BCUT2D eigenvalue weighted by atomic mass is 19.4. The lowest BCUT2D eigenvalue weighted by Crippen LogP contribution is -2.32. The Hall–Kier alpha value is -1.80. The van der Waals surface area contributed by atoms with E-state index in [0.29, 0.717) is 25.2 Å². The van der Waals surface area contributed by atoms with Crippen molar-refractivity contribution in [3.05, 3.63) is 24.3 Å². The minimum atomic E-state index is -4.73. The molecule has 116 valence electrons. The molecule has 1 amide bonds. The van der Waals surface area contributed by atoms with Gasteiger partial charge in [-0.2, -0.15) is 0 Å². The Morgan fingerprint density at radius 3 is 2.57 bits per heavy atom. The Balaban J connectivity index is 1.84. The van der Waals surface area contributed by atoms with Gasteiger partial charge in [0, 0.05) is 18.8 Å². The number of aliphatic hydroxyl groups excluding tert-OH is 1. The number of amides is 1. The first-order valence-corrected chi connectivity index (χ1v) is 6.38. The van der Waals surface area contributed by atoms with Gasteiger partial charge in [0.15, 0.2) is 0 Å². The highest BCUT2D eigenvalue weighted by Crippen LogP contribution is 2.23. The second-order valence-electron chi connectivity index (χ2n) is 4.80. The van der Waals surface area contributed by atoms with E-state index in [0.717, 1.165) is 12.1 Å². The van der Waals surface area contributed by atoms with Crippen LogP contribution in [0.4, 0.5) is 18.9 Å². The zero-order valence-corrected chi connectivity index (χ0v) is 11.1. The van der Waals surface area contributed by atoms with Crippen LogP contribution in [0, 0.1) is 0 Å². The SMILES string of the molecule is O=C(CN1CC[C@H](O)C1)Nc1ccc(OC(F)(F)F)cc1. The molecule has 1 aliphatic heterocycles. The molecule has 1 heterocycles. The van der Waals surface area contributed by atoms with Crippen molar-refractivity contribution in [1.82, 2.24) is 4.90 Å². The summed E-state index contributed by atoms with van der Waals surface area (Å²) in [7, 11) is 0. The van der Waals surface area contributed by atoms with Crippen molar-refractivity contribution in [3.8, 4) is 5.75 Å². The third kappa shape index (κ3) is 5.24. The fraction of sp³-hybridized carbons (Fsp3) is 0.462. The number of likely N-dealkylation sites (tertiary alicyclic amines) is 1. The molecule has 0 unspecified atom stereocenters. The second kappa shape index (κ2) is 6.31. The summed E-state index contributed by atoms with van der Waals surface area (Å²) in [6, 6.07) is 4.92. The summed E-state index contributed by atoms with van der Waals surface area (Å²) in [5.41, 5.74) is 0.384. The molecule has 1 aromatic carbocycles. The van der Waals surface area contributed by atoms with Crippen LogP contribution in [-0.2, 0) is 4.79 Å². The number of hydrogen-bond acceptors (Lipinski definition) is 4. The van der Waals surface area contributed by atoms with Crippen molar-refractivity contribution < 1.29 is 27.8 Å². The zero-order chi connectivity index (χ0) is 15.5. The first-order chi connectivity index (χ1) is 9.82. The van der Waals surface area contributed by atoms with E-state index in [9.17, 15) is 23.1 Å². The normalized spacial score (nSPS) is 19.5. The van der Waals surface area contributed by atoms with E-state index >= 15 is 0 Å². The minimum Gasteiger partial charge on any atom is -0.406 e. The first kappa shape index (κ1) is 15.6. The van der Waals surface area contributed by atoms with Crippen molar-refractivity contribution >= 4 is 11.6 Å². The highest BCUT2D eigenvalue weighted by Gasteiger charge is 2.31. The third-order valence-electron chi connectivity index (χ3n) is 2.99. The smallest absolute Gasteiger partial charge is 0.406 e. The van der Waals surface area contributed by atoms with Gasteiger partial charge in [-0.25, -0.2) is 0 Å². The van der Waals surface area contributed by atoms with Crippen LogP contribution >= 0.6 is 0 Å². The van der Waals surface area contributed by atoms with Gasteiger partial charge in [0.05, 0.1) is 12.6 Å². The molecule has 1 aliphatic rings. The monoisotopic (exact) mass is 304 g/mol. The molecular formula is C13H15F3N2O3. The van der Waals surface area contributed by atoms with E-state index < -0.39 is 12.5 Å². The van der Waals surface area contributed by atoms with E-state index in [1.54, 1.807) is 4.90 Å². The minimum absolute atomic E-state index is 0.137. The molecule has 2 rings (SSSR count). The van der Waals surface area contributed by atoms with Crippen molar-refractivity contribution in [2.24, 2.45) is 0 Å². The molecule has 0 aromatic heterocycles. The van der Waals surface area contributed by atoms with E-state index in [1.165, 1.54) is 12.1 Å². The fourth-order valence-corrected chi connectivity index (χ4v) is 2.10. The highest BCUT2D eigenvalue weighted by molar-refractivity contribution is 5.92. The largest absolute Gasteiger partial charge is 0.573 e. The number of β-amino-alcohol motifs (C(OH)–C–C–N with tert-alkyl or cyclic N) is 1. The number of carbonyl (C=O) groups excluding carboxylic acids is 1. The van der Waals surface area contributed by atoms with Crippen LogP contribution in [0.3, 0.4) is 0 Å². The third-order valence-corrected chi connectivity index (χ3v) is 2.99. The van der Waals surface area contributed by atoms with Crippen LogP contribution in [0.1, 0.15) is 6.42 Å². The Bertz CT molecular complexity index is 490. The zero-order valence-electron chi connectivity index (χ0n) is 11.1. The van der Waals surface area contributed by atoms with Crippen molar-refractivity contribution in [2.45, 2.75) is 18.9 Å². The standard InChI is InChI=1S/C13H15F3N2O3/c14-13(15,16)21-11-3-1-9(2-4-11)17-12(20)8-18-6-5-10(19)7-18/h1-4,10,19H,5-8H2,(H,17,20)/t10-/m0/s1. The molecule has 0 saturated carbocycles. The number of nitrogens with zero attached hydrogens (tertiary/aromatic N) is 1. The molecular weight excluding hydrogens is 289 g/mol. The van der Waals surface area contributed by atoms with Crippen LogP contribution in [0.15, 0.2) is 24.3 Å². The van der Waals surface area contributed by atoms with Crippen molar-refractivity contribution in [2.75, 3.05) is 25.0 Å². The average Bonchev–Trinajstić information content (AvgIpc) is 2.75. The Labute approximate surface area is 119 Å². The van der Waals surface area contributed by atoms with Crippen LogP contribution in [0.25, 0.3) is 0 Å². The molecule has 0 aliphatic carbocycles. The second-order valence-corrected chi connectivity index (χ2v) is 4.80. The summed E-state index contributed by atoms with van der Waals surface area (Å²) < 4.78 is 39.7. The van der Waals surface area contributed by atoms with Crippen LogP contribution in [-0.4, -0.2) is 48.0 Å². The average molecular weight is 304 g/mol. The summed E-state index contributed by atoms with van der Waals surface area (Å²) >= 11 is 0. The molecule has 0 radical (unpaired) electrons. The number of benzene rings is 1. The molecule has 1 saturated heterocycles. The number of halogens is 3. The predicted octanol–water partition coefficient (Wildman–Crippen LogP) is 1.59. The fourth-order valence-electron chi connectivity index (χ4n) is 2.10. The number of rotatable bonds is 4. The van der Waals surface area contributed by atoms with Crippen LogP contribution < -0.4 is 10.1 Å². The number of carbonyl (C=O) groups is 1. The summed E-state index contributed by atoms with van der Waals surface area (Å²) in [5, 5.41) is 11.9. The maximum absolute atomic E-state index is 12.0. The van der Waals surface area contributed by atoms with Gasteiger partial charge in [-0.15, -0.1) is 13.2 Å². The molecule has 0 bridgehead atoms. The van der Waals surface area contributed by atoms with Gasteiger partial charge < -0.3 is 15.2 Å². The van der Waals surface area contributed by atoms with E-state index in [2.05, 4.69) is 10.1 Å². The topological polar surface area (TPSA) is 61.8 Å². The Morgan fingerprint density at radius 2 is 2.05 bits per heavy atom. The summed E-state index contributed by atoms with van der Waals surface area (Å²) in [4.78, 5) is 13.5. The van der Waals surface area contributed by atoms with Gasteiger partial charge in [0.25, 0.3) is 0 Å². The lowest BCUT2D eigenvalue weighted by Gasteiger charge is -2.14. The number of ether oxygens (including phenoxy) is 1. The van der Waals surface area contributed by atoms with E-state index in [4.69, 9.17) is 0 Å². The Morgan fingerprint density at radius 1 is 1.38 bits per heavy atom. The van der Waals surface area contributed by atoms with Gasteiger partial charge in [-0.1, -0.05) is 0 Å². The molecule has 1 aromatic rings. The number of nitrogens with one attached hydrogen (secondary N) is 1. The Kier molecular flexibility index (Phi) is 4.69. The van der Waals surface area contributed by atoms with Crippen LogP contribution in [0.5, 0.6) is 5.75 Å². The van der Waals surface area contributed by atoms with E-state index in [1.807, 2.05) is 0 Å². The molecule has 5 nitrogen and oxygen atoms in total. The lowest BCUT2D eigenvalue weighted by molar-refractivity contribution is -0.274. The van der Waals surface area contributed by atoms with E-state index in [-0.39, 0.29) is 18.2 Å².